The predicted octanol–water partition coefficient (Wildman–Crippen LogP) is 4.37. The van der Waals surface area contributed by atoms with E-state index in [0.29, 0.717) is 5.92 Å². The van der Waals surface area contributed by atoms with Crippen LogP contribution in [-0.4, -0.2) is 35.7 Å². The average Bonchev–Trinajstić information content (AvgIpc) is 3.00. The molecule has 0 saturated heterocycles. The van der Waals surface area contributed by atoms with Crippen LogP contribution in [0.4, 0.5) is 0 Å². The molecule has 1 atom stereocenters. The molecule has 4 bridgehead atoms. The minimum absolute atomic E-state index is 0.265. The van der Waals surface area contributed by atoms with Gasteiger partial charge in [0.2, 0.25) is 5.89 Å². The first kappa shape index (κ1) is 16.6. The summed E-state index contributed by atoms with van der Waals surface area (Å²) in [6.07, 6.45) is 12.0. The molecule has 4 aliphatic carbocycles. The summed E-state index contributed by atoms with van der Waals surface area (Å²) < 4.78 is 5.72. The van der Waals surface area contributed by atoms with Crippen molar-refractivity contribution < 1.29 is 4.52 Å². The van der Waals surface area contributed by atoms with Crippen LogP contribution < -0.4 is 0 Å². The third-order valence-corrected chi connectivity index (χ3v) is 6.87. The highest BCUT2D eigenvalue weighted by molar-refractivity contribution is 5.16. The molecule has 0 unspecified atom stereocenters. The molecule has 24 heavy (non-hydrogen) atoms. The van der Waals surface area contributed by atoms with Gasteiger partial charge in [0.05, 0.1) is 0 Å². The molecule has 5 rings (SSSR count). The zero-order chi connectivity index (χ0) is 16.7. The molecule has 0 aliphatic heterocycles. The van der Waals surface area contributed by atoms with E-state index in [1.165, 1.54) is 51.4 Å². The summed E-state index contributed by atoms with van der Waals surface area (Å²) >= 11 is 0. The van der Waals surface area contributed by atoms with Gasteiger partial charge in [-0.05, 0) is 89.8 Å². The lowest BCUT2D eigenvalue weighted by Gasteiger charge is -2.55. The third-order valence-electron chi connectivity index (χ3n) is 6.87. The molecule has 0 aromatic carbocycles. The summed E-state index contributed by atoms with van der Waals surface area (Å²) in [4.78, 5) is 7.18. The summed E-state index contributed by atoms with van der Waals surface area (Å²) in [7, 11) is 4.28. The monoisotopic (exact) mass is 331 g/mol. The Bertz CT molecular complexity index is 530. The molecule has 134 valence electrons. The molecular weight excluding hydrogens is 298 g/mol. The molecule has 4 nitrogen and oxygen atoms in total. The van der Waals surface area contributed by atoms with Crippen molar-refractivity contribution >= 4 is 0 Å². The highest BCUT2D eigenvalue weighted by Gasteiger charge is 2.53. The summed E-state index contributed by atoms with van der Waals surface area (Å²) in [5.74, 6) is 5.12. The van der Waals surface area contributed by atoms with Crippen molar-refractivity contribution in [2.75, 3.05) is 20.6 Å². The van der Waals surface area contributed by atoms with Gasteiger partial charge in [0.15, 0.2) is 5.82 Å². The van der Waals surface area contributed by atoms with Gasteiger partial charge >= 0.3 is 0 Å². The van der Waals surface area contributed by atoms with E-state index in [9.17, 15) is 0 Å². The van der Waals surface area contributed by atoms with Crippen LogP contribution in [0.1, 0.15) is 82.3 Å². The number of nitrogens with zero attached hydrogens (tertiary/aromatic N) is 3. The normalized spacial score (nSPS) is 35.8. The van der Waals surface area contributed by atoms with Crippen LogP contribution in [0.2, 0.25) is 0 Å². The second-order valence-electron chi connectivity index (χ2n) is 9.35. The average molecular weight is 332 g/mol. The van der Waals surface area contributed by atoms with E-state index in [-0.39, 0.29) is 5.41 Å². The molecule has 4 saturated carbocycles. The fourth-order valence-electron chi connectivity index (χ4n) is 6.04. The van der Waals surface area contributed by atoms with E-state index < -0.39 is 0 Å². The van der Waals surface area contributed by atoms with Crippen LogP contribution in [-0.2, 0) is 5.41 Å². The van der Waals surface area contributed by atoms with Crippen molar-refractivity contribution in [3.05, 3.63) is 11.7 Å². The van der Waals surface area contributed by atoms with Gasteiger partial charge in [0.1, 0.15) is 0 Å². The van der Waals surface area contributed by atoms with Crippen LogP contribution in [0.5, 0.6) is 0 Å². The Hall–Kier alpha value is -0.900. The lowest BCUT2D eigenvalue weighted by Crippen LogP contribution is -2.49. The van der Waals surface area contributed by atoms with Crippen molar-refractivity contribution in [2.24, 2.45) is 17.8 Å². The lowest BCUT2D eigenvalue weighted by molar-refractivity contribution is -0.0103. The minimum atomic E-state index is 0.265. The minimum Gasteiger partial charge on any atom is -0.339 e. The van der Waals surface area contributed by atoms with Gasteiger partial charge in [-0.3, -0.25) is 0 Å². The van der Waals surface area contributed by atoms with E-state index in [4.69, 9.17) is 9.51 Å². The highest BCUT2D eigenvalue weighted by atomic mass is 16.5. The van der Waals surface area contributed by atoms with E-state index >= 15 is 0 Å². The molecule has 4 heteroatoms. The Balaban J connectivity index is 1.40. The van der Waals surface area contributed by atoms with Gasteiger partial charge in [0.25, 0.3) is 0 Å². The molecule has 4 aliphatic rings. The lowest BCUT2D eigenvalue weighted by atomic mass is 9.49. The first-order chi connectivity index (χ1) is 11.5. The number of rotatable bonds is 7. The van der Waals surface area contributed by atoms with E-state index in [1.54, 1.807) is 0 Å². The topological polar surface area (TPSA) is 42.2 Å². The van der Waals surface area contributed by atoms with Gasteiger partial charge in [-0.25, -0.2) is 0 Å². The van der Waals surface area contributed by atoms with Crippen LogP contribution >= 0.6 is 0 Å². The van der Waals surface area contributed by atoms with Crippen LogP contribution in [0.25, 0.3) is 0 Å². The van der Waals surface area contributed by atoms with Gasteiger partial charge < -0.3 is 9.42 Å². The van der Waals surface area contributed by atoms with E-state index in [1.807, 2.05) is 0 Å². The molecule has 0 spiro atoms. The van der Waals surface area contributed by atoms with Crippen molar-refractivity contribution in [3.63, 3.8) is 0 Å². The molecule has 1 aromatic rings. The summed E-state index contributed by atoms with van der Waals surface area (Å²) in [6, 6.07) is 0. The molecular formula is C20H33N3O. The third kappa shape index (κ3) is 3.14. The number of hydrogen-bond donors (Lipinski definition) is 0. The molecule has 1 heterocycles. The van der Waals surface area contributed by atoms with Gasteiger partial charge in [0, 0.05) is 11.3 Å². The Labute approximate surface area is 146 Å². The van der Waals surface area contributed by atoms with Crippen LogP contribution in [0.15, 0.2) is 4.52 Å². The number of hydrogen-bond acceptors (Lipinski definition) is 4. The van der Waals surface area contributed by atoms with Crippen molar-refractivity contribution in [1.82, 2.24) is 15.0 Å². The molecule has 1 aromatic heterocycles. The SMILES string of the molecule is C[C@@H](CCCCN(C)C)c1nc(C23CC4CC(CC(C4)C2)C3)no1. The van der Waals surface area contributed by atoms with Crippen LogP contribution in [0, 0.1) is 17.8 Å². The fraction of sp³-hybridized carbons (Fsp3) is 0.900. The molecule has 0 N–H and O–H groups in total. The first-order valence-corrected chi connectivity index (χ1v) is 10.0. The van der Waals surface area contributed by atoms with Gasteiger partial charge in [-0.2, -0.15) is 4.98 Å². The van der Waals surface area contributed by atoms with Crippen molar-refractivity contribution in [1.29, 1.82) is 0 Å². The highest BCUT2D eigenvalue weighted by Crippen LogP contribution is 2.60. The zero-order valence-corrected chi connectivity index (χ0v) is 15.6. The Morgan fingerprint density at radius 3 is 2.29 bits per heavy atom. The maximum atomic E-state index is 5.72. The maximum absolute atomic E-state index is 5.72. The van der Waals surface area contributed by atoms with Gasteiger partial charge in [-0.1, -0.05) is 18.5 Å². The standard InChI is InChI=1S/C20H33N3O/c1-14(6-4-5-7-23(2)3)18-21-19(22-24-18)20-11-15-8-16(12-20)10-17(9-15)13-20/h14-17H,4-13H2,1-3H3/t14-,15?,16?,17?,20?/m0/s1. The largest absolute Gasteiger partial charge is 0.339 e. The van der Waals surface area contributed by atoms with Gasteiger partial charge in [-0.15, -0.1) is 0 Å². The second-order valence-corrected chi connectivity index (χ2v) is 9.35. The van der Waals surface area contributed by atoms with E-state index in [0.717, 1.165) is 42.4 Å². The van der Waals surface area contributed by atoms with Crippen molar-refractivity contribution in [2.45, 2.75) is 76.0 Å². The smallest absolute Gasteiger partial charge is 0.229 e. The summed E-state index contributed by atoms with van der Waals surface area (Å²) in [5.41, 5.74) is 0.265. The fourth-order valence-corrected chi connectivity index (χ4v) is 6.04. The predicted molar refractivity (Wildman–Crippen MR) is 95.0 cm³/mol. The second kappa shape index (κ2) is 6.44. The van der Waals surface area contributed by atoms with Crippen molar-refractivity contribution in [3.8, 4) is 0 Å². The maximum Gasteiger partial charge on any atom is 0.229 e. The Kier molecular flexibility index (Phi) is 4.44. The Morgan fingerprint density at radius 2 is 1.71 bits per heavy atom. The molecule has 4 fully saturated rings. The number of unbranched alkanes of at least 4 members (excludes halogenated alkanes) is 1. The molecule has 0 amide bonds. The Morgan fingerprint density at radius 1 is 1.08 bits per heavy atom. The summed E-state index contributed by atoms with van der Waals surface area (Å²) in [6.45, 7) is 3.40. The zero-order valence-electron chi connectivity index (χ0n) is 15.6. The first-order valence-electron chi connectivity index (χ1n) is 10.0. The van der Waals surface area contributed by atoms with E-state index in [2.05, 4.69) is 31.1 Å². The summed E-state index contributed by atoms with van der Waals surface area (Å²) in [5, 5.41) is 4.49. The number of aromatic nitrogens is 2. The van der Waals surface area contributed by atoms with Crippen LogP contribution in [0.3, 0.4) is 0 Å². The molecule has 0 radical (unpaired) electrons. The quantitative estimate of drug-likeness (QED) is 0.696.